The molecule has 0 spiro atoms. The Kier molecular flexibility index (Phi) is 11.2. The van der Waals surface area contributed by atoms with Crippen LogP contribution < -0.4 is 24.8 Å². The SMILES string of the molecule is CCOc1cc(CCCNC(=NC)NCc2ccccc2OCCN(C)C)ccc1OC. The summed E-state index contributed by atoms with van der Waals surface area (Å²) >= 11 is 0. The number of aryl methyl sites for hydroxylation is 1. The van der Waals surface area contributed by atoms with Crippen LogP contribution in [0.3, 0.4) is 0 Å². The smallest absolute Gasteiger partial charge is 0.191 e. The quantitative estimate of drug-likeness (QED) is 0.282. The average Bonchev–Trinajstić information content (AvgIpc) is 2.79. The van der Waals surface area contributed by atoms with Gasteiger partial charge in [0.25, 0.3) is 0 Å². The van der Waals surface area contributed by atoms with E-state index in [4.69, 9.17) is 14.2 Å². The maximum absolute atomic E-state index is 5.94. The van der Waals surface area contributed by atoms with Crippen molar-refractivity contribution in [1.29, 1.82) is 0 Å². The molecule has 0 atom stereocenters. The summed E-state index contributed by atoms with van der Waals surface area (Å²) in [5, 5.41) is 6.76. The third-order valence-corrected chi connectivity index (χ3v) is 4.90. The maximum Gasteiger partial charge on any atom is 0.191 e. The molecule has 2 aromatic carbocycles. The number of benzene rings is 2. The Bertz CT molecular complexity index is 840. The minimum absolute atomic E-state index is 0.618. The highest BCUT2D eigenvalue weighted by molar-refractivity contribution is 5.79. The van der Waals surface area contributed by atoms with Crippen LogP contribution in [0.1, 0.15) is 24.5 Å². The molecule has 32 heavy (non-hydrogen) atoms. The number of nitrogens with zero attached hydrogens (tertiary/aromatic N) is 2. The number of para-hydroxylation sites is 1. The Balaban J connectivity index is 1.79. The van der Waals surface area contributed by atoms with E-state index in [2.05, 4.69) is 38.7 Å². The molecule has 2 N–H and O–H groups in total. The van der Waals surface area contributed by atoms with Gasteiger partial charge in [0.2, 0.25) is 0 Å². The van der Waals surface area contributed by atoms with Crippen LogP contribution in [-0.4, -0.2) is 65.4 Å². The highest BCUT2D eigenvalue weighted by Gasteiger charge is 2.07. The second kappa shape index (κ2) is 14.2. The maximum atomic E-state index is 5.94. The molecule has 0 aliphatic heterocycles. The van der Waals surface area contributed by atoms with E-state index in [-0.39, 0.29) is 0 Å². The molecular formula is C25H38N4O3. The lowest BCUT2D eigenvalue weighted by atomic mass is 10.1. The van der Waals surface area contributed by atoms with Crippen LogP contribution in [0.2, 0.25) is 0 Å². The van der Waals surface area contributed by atoms with E-state index in [0.717, 1.165) is 54.7 Å². The van der Waals surface area contributed by atoms with E-state index >= 15 is 0 Å². The summed E-state index contributed by atoms with van der Waals surface area (Å²) in [6.07, 6.45) is 1.92. The third kappa shape index (κ3) is 8.67. The van der Waals surface area contributed by atoms with Gasteiger partial charge in [-0.05, 0) is 57.6 Å². The summed E-state index contributed by atoms with van der Waals surface area (Å²) in [5.41, 5.74) is 2.33. The zero-order valence-corrected chi connectivity index (χ0v) is 20.1. The van der Waals surface area contributed by atoms with E-state index in [9.17, 15) is 0 Å². The number of rotatable bonds is 13. The van der Waals surface area contributed by atoms with Crippen molar-refractivity contribution in [2.45, 2.75) is 26.3 Å². The molecule has 2 aromatic rings. The second-order valence-corrected chi connectivity index (χ2v) is 7.63. The summed E-state index contributed by atoms with van der Waals surface area (Å²) in [7, 11) is 7.53. The lowest BCUT2D eigenvalue weighted by Crippen LogP contribution is -2.37. The van der Waals surface area contributed by atoms with Crippen molar-refractivity contribution in [3.05, 3.63) is 53.6 Å². The van der Waals surface area contributed by atoms with Crippen LogP contribution >= 0.6 is 0 Å². The van der Waals surface area contributed by atoms with Crippen molar-refractivity contribution in [2.75, 3.05) is 54.6 Å². The van der Waals surface area contributed by atoms with Crippen LogP contribution in [0.4, 0.5) is 0 Å². The fourth-order valence-electron chi connectivity index (χ4n) is 3.17. The number of methoxy groups -OCH3 is 1. The number of aliphatic imine (C=N–C) groups is 1. The van der Waals surface area contributed by atoms with Crippen molar-refractivity contribution in [2.24, 2.45) is 4.99 Å². The molecule has 2 rings (SSSR count). The van der Waals surface area contributed by atoms with Gasteiger partial charge in [-0.15, -0.1) is 0 Å². The van der Waals surface area contributed by atoms with Gasteiger partial charge in [-0.3, -0.25) is 4.99 Å². The second-order valence-electron chi connectivity index (χ2n) is 7.63. The standard InChI is InChI=1S/C25H38N4O3/c1-6-31-24-18-20(13-14-23(24)30-5)10-9-15-27-25(26-2)28-19-21-11-7-8-12-22(21)32-17-16-29(3)4/h7-8,11-14,18H,6,9-10,15-17,19H2,1-5H3,(H2,26,27,28). The molecule has 0 aromatic heterocycles. The van der Waals surface area contributed by atoms with Crippen LogP contribution in [0.5, 0.6) is 17.2 Å². The van der Waals surface area contributed by atoms with E-state index < -0.39 is 0 Å². The van der Waals surface area contributed by atoms with E-state index in [1.165, 1.54) is 5.56 Å². The van der Waals surface area contributed by atoms with Crippen molar-refractivity contribution >= 4 is 5.96 Å². The van der Waals surface area contributed by atoms with Crippen molar-refractivity contribution in [3.8, 4) is 17.2 Å². The molecule has 0 fully saturated rings. The number of guanidine groups is 1. The summed E-state index contributed by atoms with van der Waals surface area (Å²) in [4.78, 5) is 6.44. The lowest BCUT2D eigenvalue weighted by molar-refractivity contribution is 0.259. The molecule has 0 bridgehead atoms. The third-order valence-electron chi connectivity index (χ3n) is 4.90. The number of hydrogen-bond acceptors (Lipinski definition) is 5. The van der Waals surface area contributed by atoms with Crippen LogP contribution in [0, 0.1) is 0 Å². The summed E-state index contributed by atoms with van der Waals surface area (Å²) in [6, 6.07) is 14.2. The Morgan fingerprint density at radius 3 is 2.53 bits per heavy atom. The Hall–Kier alpha value is -2.93. The molecule has 0 aliphatic carbocycles. The molecule has 176 valence electrons. The Labute approximate surface area is 192 Å². The van der Waals surface area contributed by atoms with E-state index in [1.807, 2.05) is 45.3 Å². The van der Waals surface area contributed by atoms with Gasteiger partial charge in [0, 0.05) is 32.2 Å². The average molecular weight is 443 g/mol. The summed E-state index contributed by atoms with van der Waals surface area (Å²) in [5.74, 6) is 3.24. The molecule has 0 unspecified atom stereocenters. The van der Waals surface area contributed by atoms with Gasteiger partial charge in [0.1, 0.15) is 12.4 Å². The molecule has 0 saturated carbocycles. The van der Waals surface area contributed by atoms with Crippen molar-refractivity contribution < 1.29 is 14.2 Å². The minimum Gasteiger partial charge on any atom is -0.493 e. The fourth-order valence-corrected chi connectivity index (χ4v) is 3.17. The number of ether oxygens (including phenoxy) is 3. The van der Waals surface area contributed by atoms with Gasteiger partial charge >= 0.3 is 0 Å². The summed E-state index contributed by atoms with van der Waals surface area (Å²) < 4.78 is 17.0. The lowest BCUT2D eigenvalue weighted by Gasteiger charge is -2.16. The molecule has 0 amide bonds. The normalized spacial score (nSPS) is 11.4. The first-order valence-corrected chi connectivity index (χ1v) is 11.2. The molecule has 0 radical (unpaired) electrons. The topological polar surface area (TPSA) is 67.3 Å². The predicted octanol–water partition coefficient (Wildman–Crippen LogP) is 3.33. The fraction of sp³-hybridized carbons (Fsp3) is 0.480. The van der Waals surface area contributed by atoms with E-state index in [0.29, 0.717) is 19.8 Å². The van der Waals surface area contributed by atoms with Gasteiger partial charge in [0.05, 0.1) is 13.7 Å². The summed E-state index contributed by atoms with van der Waals surface area (Å²) in [6.45, 7) is 5.60. The number of hydrogen-bond donors (Lipinski definition) is 2. The van der Waals surface area contributed by atoms with Crippen LogP contribution in [0.15, 0.2) is 47.5 Å². The molecule has 0 saturated heterocycles. The van der Waals surface area contributed by atoms with Crippen molar-refractivity contribution in [3.63, 3.8) is 0 Å². The Morgan fingerprint density at radius 2 is 1.81 bits per heavy atom. The highest BCUT2D eigenvalue weighted by atomic mass is 16.5. The Morgan fingerprint density at radius 1 is 1.00 bits per heavy atom. The number of nitrogens with one attached hydrogen (secondary N) is 2. The molecule has 0 aliphatic rings. The zero-order valence-electron chi connectivity index (χ0n) is 20.1. The first kappa shape index (κ1) is 25.3. The first-order valence-electron chi connectivity index (χ1n) is 11.2. The highest BCUT2D eigenvalue weighted by Crippen LogP contribution is 2.28. The minimum atomic E-state index is 0.618. The molecule has 7 nitrogen and oxygen atoms in total. The predicted molar refractivity (Wildman–Crippen MR) is 131 cm³/mol. The van der Waals surface area contributed by atoms with Gasteiger partial charge in [-0.1, -0.05) is 24.3 Å². The van der Waals surface area contributed by atoms with E-state index in [1.54, 1.807) is 14.2 Å². The first-order chi connectivity index (χ1) is 15.6. The zero-order chi connectivity index (χ0) is 23.2. The van der Waals surface area contributed by atoms with Gasteiger partial charge < -0.3 is 29.7 Å². The van der Waals surface area contributed by atoms with Gasteiger partial charge in [0.15, 0.2) is 17.5 Å². The van der Waals surface area contributed by atoms with Crippen LogP contribution in [0.25, 0.3) is 0 Å². The molecule has 0 heterocycles. The number of likely N-dealkylation sites (N-methyl/N-ethyl adjacent to an activating group) is 1. The van der Waals surface area contributed by atoms with Crippen molar-refractivity contribution in [1.82, 2.24) is 15.5 Å². The monoisotopic (exact) mass is 442 g/mol. The largest absolute Gasteiger partial charge is 0.493 e. The molecular weight excluding hydrogens is 404 g/mol. The van der Waals surface area contributed by atoms with Gasteiger partial charge in [-0.25, -0.2) is 0 Å². The molecule has 7 heteroatoms. The van der Waals surface area contributed by atoms with Crippen LogP contribution in [-0.2, 0) is 13.0 Å². The van der Waals surface area contributed by atoms with Gasteiger partial charge in [-0.2, -0.15) is 0 Å².